The van der Waals surface area contributed by atoms with E-state index < -0.39 is 0 Å². The zero-order chi connectivity index (χ0) is 26.6. The monoisotopic (exact) mass is 487 g/mol. The van der Waals surface area contributed by atoms with Crippen molar-refractivity contribution in [2.45, 2.75) is 54.9 Å². The SMILES string of the molecule is [C-]#[N+]c1c(C)cc2c(oc3c(-c4cc(C)c(CC(C)(C)C)c(C)[n+]4C)c(C)ccc32)c1-c1ccccc1. The number of aromatic nitrogens is 1. The molecule has 0 amide bonds. The van der Waals surface area contributed by atoms with Crippen LogP contribution in [-0.4, -0.2) is 0 Å². The molecule has 2 aromatic heterocycles. The van der Waals surface area contributed by atoms with E-state index in [1.165, 1.54) is 22.4 Å². The van der Waals surface area contributed by atoms with Crippen molar-refractivity contribution < 1.29 is 8.98 Å². The molecule has 2 heterocycles. The molecule has 186 valence electrons. The second kappa shape index (κ2) is 8.89. The van der Waals surface area contributed by atoms with Gasteiger partial charge in [0.2, 0.25) is 11.4 Å². The van der Waals surface area contributed by atoms with Crippen molar-refractivity contribution in [2.24, 2.45) is 12.5 Å². The molecule has 0 unspecified atom stereocenters. The first-order valence-electron chi connectivity index (χ1n) is 12.9. The average Bonchev–Trinajstić information content (AvgIpc) is 3.21. The molecule has 0 bridgehead atoms. The number of hydrogen-bond acceptors (Lipinski definition) is 1. The van der Waals surface area contributed by atoms with E-state index in [-0.39, 0.29) is 5.41 Å². The summed E-state index contributed by atoms with van der Waals surface area (Å²) in [5.74, 6) is 0. The molecule has 0 radical (unpaired) electrons. The number of benzene rings is 3. The van der Waals surface area contributed by atoms with Crippen LogP contribution in [0.2, 0.25) is 0 Å². The molecule has 0 aliphatic heterocycles. The molecule has 3 aromatic carbocycles. The van der Waals surface area contributed by atoms with E-state index in [0.29, 0.717) is 5.69 Å². The minimum Gasteiger partial charge on any atom is -0.456 e. The van der Waals surface area contributed by atoms with Gasteiger partial charge in [-0.05, 0) is 54.9 Å². The summed E-state index contributed by atoms with van der Waals surface area (Å²) in [4.78, 5) is 3.93. The molecular weight excluding hydrogens is 452 g/mol. The molecule has 3 heteroatoms. The van der Waals surface area contributed by atoms with E-state index >= 15 is 0 Å². The van der Waals surface area contributed by atoms with E-state index in [2.05, 4.69) is 94.4 Å². The van der Waals surface area contributed by atoms with E-state index in [1.807, 2.05) is 25.1 Å². The number of rotatable bonds is 3. The normalized spacial score (nSPS) is 11.9. The van der Waals surface area contributed by atoms with Crippen LogP contribution in [0.3, 0.4) is 0 Å². The summed E-state index contributed by atoms with van der Waals surface area (Å²) in [5, 5.41) is 2.14. The highest BCUT2D eigenvalue weighted by molar-refractivity contribution is 6.15. The standard InChI is InChI=1S/C34H35N2O/c1-20-15-16-25-26-17-22(3)31(35-8)30(24-13-11-10-12-14-24)33(26)37-32(25)29(20)28-18-21(2)27(19-34(5,6)7)23(4)36(28)9/h10-18H,19H2,1-7,9H3/q+1. The van der Waals surface area contributed by atoms with Crippen LogP contribution in [0.1, 0.15) is 48.7 Å². The van der Waals surface area contributed by atoms with Crippen LogP contribution in [0.5, 0.6) is 0 Å². The second-order valence-corrected chi connectivity index (χ2v) is 11.6. The summed E-state index contributed by atoms with van der Waals surface area (Å²) in [7, 11) is 2.16. The number of aryl methyl sites for hydroxylation is 3. The number of furan rings is 1. The third-order valence-corrected chi connectivity index (χ3v) is 7.57. The Hall–Kier alpha value is -3.90. The Morgan fingerprint density at radius 2 is 1.49 bits per heavy atom. The molecule has 0 fully saturated rings. The predicted molar refractivity (Wildman–Crippen MR) is 154 cm³/mol. The Bertz CT molecular complexity index is 1720. The summed E-state index contributed by atoms with van der Waals surface area (Å²) >= 11 is 0. The van der Waals surface area contributed by atoms with Crippen LogP contribution in [0, 0.1) is 39.7 Å². The topological polar surface area (TPSA) is 21.4 Å². The largest absolute Gasteiger partial charge is 0.456 e. The van der Waals surface area contributed by atoms with Crippen molar-refractivity contribution in [2.75, 3.05) is 0 Å². The first kappa shape index (κ1) is 24.8. The van der Waals surface area contributed by atoms with Gasteiger partial charge in [0, 0.05) is 34.9 Å². The van der Waals surface area contributed by atoms with Crippen molar-refractivity contribution in [3.63, 3.8) is 0 Å². The number of pyridine rings is 1. The predicted octanol–water partition coefficient (Wildman–Crippen LogP) is 9.12. The van der Waals surface area contributed by atoms with Crippen LogP contribution in [-0.2, 0) is 13.5 Å². The maximum Gasteiger partial charge on any atom is 0.216 e. The molecule has 0 atom stereocenters. The molecule has 0 spiro atoms. The number of hydrogen-bond donors (Lipinski definition) is 0. The molecule has 0 saturated carbocycles. The van der Waals surface area contributed by atoms with Crippen LogP contribution >= 0.6 is 0 Å². The van der Waals surface area contributed by atoms with Crippen molar-refractivity contribution in [1.82, 2.24) is 0 Å². The van der Waals surface area contributed by atoms with Gasteiger partial charge in [0.05, 0.1) is 12.1 Å². The summed E-state index contributed by atoms with van der Waals surface area (Å²) in [6, 6.07) is 18.9. The van der Waals surface area contributed by atoms with E-state index in [1.54, 1.807) is 0 Å². The fourth-order valence-electron chi connectivity index (χ4n) is 5.63. The van der Waals surface area contributed by atoms with E-state index in [0.717, 1.165) is 56.3 Å². The second-order valence-electron chi connectivity index (χ2n) is 11.6. The molecule has 5 rings (SSSR count). The van der Waals surface area contributed by atoms with Crippen LogP contribution < -0.4 is 4.57 Å². The highest BCUT2D eigenvalue weighted by Gasteiger charge is 2.27. The minimum atomic E-state index is 0.213. The van der Waals surface area contributed by atoms with Crippen molar-refractivity contribution in [3.8, 4) is 22.4 Å². The van der Waals surface area contributed by atoms with Gasteiger partial charge in [-0.3, -0.25) is 0 Å². The maximum absolute atomic E-state index is 7.93. The Labute approximate surface area is 220 Å². The van der Waals surface area contributed by atoms with Crippen LogP contribution in [0.15, 0.2) is 59.0 Å². The Morgan fingerprint density at radius 1 is 0.811 bits per heavy atom. The lowest BCUT2D eigenvalue weighted by Gasteiger charge is -2.21. The minimum absolute atomic E-state index is 0.213. The van der Waals surface area contributed by atoms with Gasteiger partial charge in [-0.25, -0.2) is 4.85 Å². The van der Waals surface area contributed by atoms with Gasteiger partial charge in [-0.2, -0.15) is 4.57 Å². The molecule has 5 aromatic rings. The Balaban J connectivity index is 1.87. The molecular formula is C34H35N2O+. The number of nitrogens with zero attached hydrogens (tertiary/aromatic N) is 2. The first-order valence-corrected chi connectivity index (χ1v) is 12.9. The van der Waals surface area contributed by atoms with Crippen LogP contribution in [0.25, 0.3) is 49.2 Å². The summed E-state index contributed by atoms with van der Waals surface area (Å²) in [5.41, 5.74) is 12.8. The van der Waals surface area contributed by atoms with Crippen molar-refractivity contribution in [1.29, 1.82) is 0 Å². The maximum atomic E-state index is 7.93. The fourth-order valence-corrected chi connectivity index (χ4v) is 5.63. The lowest BCUT2D eigenvalue weighted by molar-refractivity contribution is -0.667. The zero-order valence-electron chi connectivity index (χ0n) is 23.2. The van der Waals surface area contributed by atoms with Gasteiger partial charge in [-0.1, -0.05) is 69.3 Å². The third kappa shape index (κ3) is 4.11. The number of fused-ring (bicyclic) bond motifs is 3. The first-order chi connectivity index (χ1) is 17.5. The molecule has 3 nitrogen and oxygen atoms in total. The Morgan fingerprint density at radius 3 is 2.14 bits per heavy atom. The highest BCUT2D eigenvalue weighted by Crippen LogP contribution is 2.46. The summed E-state index contributed by atoms with van der Waals surface area (Å²) in [6.07, 6.45) is 1.03. The van der Waals surface area contributed by atoms with Gasteiger partial charge < -0.3 is 4.42 Å². The van der Waals surface area contributed by atoms with Crippen molar-refractivity contribution >= 4 is 27.6 Å². The molecule has 0 aliphatic rings. The zero-order valence-corrected chi connectivity index (χ0v) is 23.2. The molecule has 37 heavy (non-hydrogen) atoms. The Kier molecular flexibility index (Phi) is 5.95. The fraction of sp³-hybridized carbons (Fsp3) is 0.294. The van der Waals surface area contributed by atoms with E-state index in [9.17, 15) is 0 Å². The summed E-state index contributed by atoms with van der Waals surface area (Å²) < 4.78 is 9.11. The smallest absolute Gasteiger partial charge is 0.216 e. The molecule has 0 saturated heterocycles. The van der Waals surface area contributed by atoms with Gasteiger partial charge in [0.25, 0.3) is 0 Å². The highest BCUT2D eigenvalue weighted by atomic mass is 16.3. The molecule has 0 N–H and O–H groups in total. The van der Waals surface area contributed by atoms with Gasteiger partial charge in [0.15, 0.2) is 5.69 Å². The van der Waals surface area contributed by atoms with Crippen molar-refractivity contribution in [3.05, 3.63) is 94.0 Å². The third-order valence-electron chi connectivity index (χ3n) is 7.57. The quantitative estimate of drug-likeness (QED) is 0.184. The van der Waals surface area contributed by atoms with Crippen LogP contribution in [0.4, 0.5) is 5.69 Å². The van der Waals surface area contributed by atoms with E-state index in [4.69, 9.17) is 11.0 Å². The molecule has 0 aliphatic carbocycles. The average molecular weight is 488 g/mol. The lowest BCUT2D eigenvalue weighted by Crippen LogP contribution is -2.37. The van der Waals surface area contributed by atoms with Gasteiger partial charge in [0.1, 0.15) is 18.2 Å². The van der Waals surface area contributed by atoms with Gasteiger partial charge >= 0.3 is 0 Å². The summed E-state index contributed by atoms with van der Waals surface area (Å²) in [6.45, 7) is 23.4. The van der Waals surface area contributed by atoms with Gasteiger partial charge in [-0.15, -0.1) is 0 Å². The lowest BCUT2D eigenvalue weighted by atomic mass is 9.85.